The molecule has 142 valence electrons. The molecule has 3 rings (SSSR count). The number of nitrogens with one attached hydrogen (secondary N) is 2. The van der Waals surface area contributed by atoms with Crippen molar-refractivity contribution in [3.8, 4) is 34.6 Å². The van der Waals surface area contributed by atoms with E-state index in [0.29, 0.717) is 17.1 Å². The normalized spacial score (nSPS) is 9.93. The van der Waals surface area contributed by atoms with Crippen LogP contribution in [-0.2, 0) is 0 Å². The number of ether oxygens (including phenoxy) is 2. The molecule has 0 spiro atoms. The average molecular weight is 375 g/mol. The van der Waals surface area contributed by atoms with Crippen LogP contribution in [0.2, 0.25) is 0 Å². The molecule has 3 aromatic rings. The summed E-state index contributed by atoms with van der Waals surface area (Å²) >= 11 is 0. The van der Waals surface area contributed by atoms with Crippen molar-refractivity contribution in [2.75, 3.05) is 20.3 Å². The summed E-state index contributed by atoms with van der Waals surface area (Å²) in [6, 6.07) is 16.9. The molecule has 2 N–H and O–H groups in total. The van der Waals surface area contributed by atoms with Crippen molar-refractivity contribution < 1.29 is 14.3 Å². The topological polar surface area (TPSA) is 76.2 Å². The van der Waals surface area contributed by atoms with Crippen molar-refractivity contribution in [2.45, 2.75) is 6.92 Å². The van der Waals surface area contributed by atoms with Gasteiger partial charge in [-0.2, -0.15) is 5.10 Å². The minimum absolute atomic E-state index is 0.221. The first-order chi connectivity index (χ1) is 13.7. The fraction of sp³-hybridized carbons (Fsp3) is 0.182. The molecular weight excluding hydrogens is 354 g/mol. The Bertz CT molecular complexity index is 1010. The van der Waals surface area contributed by atoms with Crippen molar-refractivity contribution in [1.29, 1.82) is 0 Å². The second-order valence-corrected chi connectivity index (χ2v) is 5.96. The summed E-state index contributed by atoms with van der Waals surface area (Å²) in [5, 5.41) is 9.67. The van der Waals surface area contributed by atoms with Crippen molar-refractivity contribution >= 4 is 5.91 Å². The Morgan fingerprint density at radius 1 is 1.11 bits per heavy atom. The van der Waals surface area contributed by atoms with Gasteiger partial charge in [0.15, 0.2) is 0 Å². The predicted octanol–water partition coefficient (Wildman–Crippen LogP) is 3.21. The molecule has 0 saturated carbocycles. The van der Waals surface area contributed by atoms with E-state index in [0.717, 1.165) is 16.9 Å². The van der Waals surface area contributed by atoms with Crippen LogP contribution in [0.1, 0.15) is 16.1 Å². The smallest absolute Gasteiger partial charge is 0.270 e. The summed E-state index contributed by atoms with van der Waals surface area (Å²) in [6.45, 7) is 2.47. The number of carbonyl (C=O) groups is 1. The number of aromatic nitrogens is 2. The molecule has 0 fully saturated rings. The number of rotatable bonds is 6. The quantitative estimate of drug-likeness (QED) is 0.649. The Morgan fingerprint density at radius 3 is 2.64 bits per heavy atom. The zero-order valence-corrected chi connectivity index (χ0v) is 15.8. The molecule has 28 heavy (non-hydrogen) atoms. The van der Waals surface area contributed by atoms with Crippen LogP contribution in [0.3, 0.4) is 0 Å². The van der Waals surface area contributed by atoms with E-state index in [9.17, 15) is 4.79 Å². The molecule has 0 aliphatic heterocycles. The van der Waals surface area contributed by atoms with E-state index in [1.165, 1.54) is 0 Å². The molecular formula is C22H21N3O3. The van der Waals surface area contributed by atoms with Crippen LogP contribution >= 0.6 is 0 Å². The number of hydrogen-bond acceptors (Lipinski definition) is 4. The number of nitrogens with zero attached hydrogens (tertiary/aromatic N) is 1. The summed E-state index contributed by atoms with van der Waals surface area (Å²) < 4.78 is 10.9. The number of aromatic amines is 1. The lowest BCUT2D eigenvalue weighted by molar-refractivity contribution is 0.0953. The van der Waals surface area contributed by atoms with Gasteiger partial charge in [-0.15, -0.1) is 0 Å². The first-order valence-electron chi connectivity index (χ1n) is 8.80. The van der Waals surface area contributed by atoms with Crippen LogP contribution in [0.5, 0.6) is 11.5 Å². The van der Waals surface area contributed by atoms with Gasteiger partial charge in [0.2, 0.25) is 0 Å². The summed E-state index contributed by atoms with van der Waals surface area (Å²) in [4.78, 5) is 12.2. The Morgan fingerprint density at radius 2 is 1.86 bits per heavy atom. The Labute approximate surface area is 163 Å². The first kappa shape index (κ1) is 19.1. The van der Waals surface area contributed by atoms with Gasteiger partial charge in [0, 0.05) is 5.56 Å². The van der Waals surface area contributed by atoms with Crippen LogP contribution in [0, 0.1) is 18.8 Å². The third kappa shape index (κ3) is 4.71. The molecule has 0 aliphatic carbocycles. The Hall–Kier alpha value is -3.72. The highest BCUT2D eigenvalue weighted by atomic mass is 16.5. The summed E-state index contributed by atoms with van der Waals surface area (Å²) in [7, 11) is 1.60. The van der Waals surface area contributed by atoms with E-state index in [1.54, 1.807) is 13.2 Å². The van der Waals surface area contributed by atoms with Gasteiger partial charge in [-0.25, -0.2) is 0 Å². The van der Waals surface area contributed by atoms with Gasteiger partial charge in [0.25, 0.3) is 5.91 Å². The maximum atomic E-state index is 12.2. The van der Waals surface area contributed by atoms with Gasteiger partial charge >= 0.3 is 0 Å². The zero-order chi connectivity index (χ0) is 19.8. The second kappa shape index (κ2) is 9.28. The molecule has 1 amide bonds. The van der Waals surface area contributed by atoms with Crippen LogP contribution < -0.4 is 14.8 Å². The highest BCUT2D eigenvalue weighted by Crippen LogP contribution is 2.28. The van der Waals surface area contributed by atoms with Gasteiger partial charge < -0.3 is 14.8 Å². The highest BCUT2D eigenvalue weighted by molar-refractivity contribution is 5.93. The third-order valence-corrected chi connectivity index (χ3v) is 4.06. The number of amides is 1. The van der Waals surface area contributed by atoms with Gasteiger partial charge in [-0.1, -0.05) is 42.2 Å². The van der Waals surface area contributed by atoms with Gasteiger partial charge in [0.1, 0.15) is 23.8 Å². The zero-order valence-electron chi connectivity index (χ0n) is 15.8. The van der Waals surface area contributed by atoms with Gasteiger partial charge in [0.05, 0.1) is 19.3 Å². The van der Waals surface area contributed by atoms with E-state index in [2.05, 4.69) is 27.4 Å². The van der Waals surface area contributed by atoms with E-state index in [1.807, 2.05) is 55.5 Å². The SMILES string of the molecule is COc1ccccc1-c1cc(C(=O)NCC#CCOc2ccccc2C)[nH]n1. The largest absolute Gasteiger partial charge is 0.496 e. The van der Waals surface area contributed by atoms with E-state index in [4.69, 9.17) is 9.47 Å². The predicted molar refractivity (Wildman–Crippen MR) is 107 cm³/mol. The fourth-order valence-corrected chi connectivity index (χ4v) is 2.60. The molecule has 1 aromatic heterocycles. The molecule has 0 radical (unpaired) electrons. The molecule has 0 bridgehead atoms. The number of hydrogen-bond donors (Lipinski definition) is 2. The lowest BCUT2D eigenvalue weighted by Gasteiger charge is -2.04. The molecule has 2 aromatic carbocycles. The summed E-state index contributed by atoms with van der Waals surface area (Å²) in [5.41, 5.74) is 2.87. The van der Waals surface area contributed by atoms with Crippen molar-refractivity contribution in [2.24, 2.45) is 0 Å². The number of para-hydroxylation sites is 2. The third-order valence-electron chi connectivity index (χ3n) is 4.06. The van der Waals surface area contributed by atoms with Crippen molar-refractivity contribution in [3.05, 3.63) is 65.9 Å². The van der Waals surface area contributed by atoms with Crippen molar-refractivity contribution in [3.63, 3.8) is 0 Å². The number of carbonyl (C=O) groups excluding carboxylic acids is 1. The molecule has 6 nitrogen and oxygen atoms in total. The van der Waals surface area contributed by atoms with Crippen LogP contribution in [0.15, 0.2) is 54.6 Å². The lowest BCUT2D eigenvalue weighted by atomic mass is 10.1. The van der Waals surface area contributed by atoms with Crippen molar-refractivity contribution in [1.82, 2.24) is 15.5 Å². The highest BCUT2D eigenvalue weighted by Gasteiger charge is 2.12. The monoisotopic (exact) mass is 375 g/mol. The average Bonchev–Trinajstić information content (AvgIpc) is 3.22. The van der Waals surface area contributed by atoms with Crippen LogP contribution in [-0.4, -0.2) is 36.4 Å². The Balaban J connectivity index is 1.51. The number of methoxy groups -OCH3 is 1. The fourth-order valence-electron chi connectivity index (χ4n) is 2.60. The lowest BCUT2D eigenvalue weighted by Crippen LogP contribution is -2.24. The van der Waals surface area contributed by atoms with Crippen LogP contribution in [0.25, 0.3) is 11.3 Å². The number of benzene rings is 2. The number of H-pyrrole nitrogens is 1. The molecule has 6 heteroatoms. The van der Waals surface area contributed by atoms with E-state index in [-0.39, 0.29) is 19.1 Å². The minimum Gasteiger partial charge on any atom is -0.496 e. The maximum absolute atomic E-state index is 12.2. The van der Waals surface area contributed by atoms with Gasteiger partial charge in [-0.05, 0) is 36.8 Å². The molecule has 0 atom stereocenters. The molecule has 0 aliphatic rings. The number of aryl methyl sites for hydroxylation is 1. The minimum atomic E-state index is -0.275. The Kier molecular flexibility index (Phi) is 6.32. The molecule has 1 heterocycles. The molecule has 0 unspecified atom stereocenters. The van der Waals surface area contributed by atoms with Gasteiger partial charge in [-0.3, -0.25) is 9.89 Å². The van der Waals surface area contributed by atoms with E-state index < -0.39 is 0 Å². The summed E-state index contributed by atoms with van der Waals surface area (Å²) in [5.74, 6) is 6.98. The standard InChI is InChI=1S/C22H21N3O3/c1-16-9-3-5-11-20(16)28-14-8-7-13-23-22(26)19-15-18(24-25-19)17-10-4-6-12-21(17)27-2/h3-6,9-12,15H,13-14H2,1-2H3,(H,23,26)(H,24,25). The molecule has 0 saturated heterocycles. The van der Waals surface area contributed by atoms with Crippen LogP contribution in [0.4, 0.5) is 0 Å². The van der Waals surface area contributed by atoms with E-state index >= 15 is 0 Å². The maximum Gasteiger partial charge on any atom is 0.270 e. The summed E-state index contributed by atoms with van der Waals surface area (Å²) in [6.07, 6.45) is 0. The first-order valence-corrected chi connectivity index (χ1v) is 8.80. The second-order valence-electron chi connectivity index (χ2n) is 5.96.